The van der Waals surface area contributed by atoms with Crippen LogP contribution in [0.2, 0.25) is 5.02 Å². The Morgan fingerprint density at radius 2 is 2.04 bits per heavy atom. The summed E-state index contributed by atoms with van der Waals surface area (Å²) in [6, 6.07) is 3.94. The summed E-state index contributed by atoms with van der Waals surface area (Å²) >= 11 is 10.0. The molecule has 1 amide bonds. The van der Waals surface area contributed by atoms with Crippen LogP contribution in [0.1, 0.15) is 52.5 Å². The topological polar surface area (TPSA) is 29.5 Å². The van der Waals surface area contributed by atoms with Crippen LogP contribution in [0.3, 0.4) is 0 Å². The molecule has 134 valence electrons. The predicted octanol–water partition coefficient (Wildman–Crippen LogP) is 5.81. The Morgan fingerprint density at radius 3 is 2.50 bits per heavy atom. The third kappa shape index (κ3) is 4.45. The summed E-state index contributed by atoms with van der Waals surface area (Å²) in [5, 5.41) is 1.25. The minimum atomic E-state index is -0.486. The van der Waals surface area contributed by atoms with Gasteiger partial charge in [-0.05, 0) is 37.0 Å². The molecule has 24 heavy (non-hydrogen) atoms. The van der Waals surface area contributed by atoms with E-state index in [2.05, 4.69) is 22.9 Å². The van der Waals surface area contributed by atoms with Crippen molar-refractivity contribution >= 4 is 39.1 Å². The minimum Gasteiger partial charge on any atom is -0.495 e. The fraction of sp³-hybridized carbons (Fsp3) is 0.632. The molecule has 1 atom stereocenters. The predicted molar refractivity (Wildman–Crippen MR) is 104 cm³/mol. The van der Waals surface area contributed by atoms with Gasteiger partial charge >= 0.3 is 0 Å². The average molecular weight is 417 g/mol. The Hall–Kier alpha value is -0.740. The number of ether oxygens (including phenoxy) is 1. The second kappa shape index (κ2) is 7.65. The number of carbonyl (C=O) groups is 1. The lowest BCUT2D eigenvalue weighted by molar-refractivity contribution is -0.126. The highest BCUT2D eigenvalue weighted by Gasteiger charge is 2.36. The molecule has 3 nitrogen and oxygen atoms in total. The number of anilines is 1. The third-order valence-corrected chi connectivity index (χ3v) is 5.31. The van der Waals surface area contributed by atoms with Crippen molar-refractivity contribution in [3.8, 4) is 5.75 Å². The quantitative estimate of drug-likeness (QED) is 0.547. The summed E-state index contributed by atoms with van der Waals surface area (Å²) in [6.45, 7) is 7.94. The number of benzene rings is 1. The molecule has 0 spiro atoms. The van der Waals surface area contributed by atoms with Crippen LogP contribution in [0, 0.1) is 11.3 Å². The van der Waals surface area contributed by atoms with E-state index in [1.165, 1.54) is 12.8 Å². The molecule has 5 heteroatoms. The molecule has 1 aliphatic carbocycles. The van der Waals surface area contributed by atoms with Crippen LogP contribution in [0.4, 0.5) is 5.69 Å². The van der Waals surface area contributed by atoms with Gasteiger partial charge in [-0.2, -0.15) is 0 Å². The zero-order chi connectivity index (χ0) is 18.1. The van der Waals surface area contributed by atoms with Crippen molar-refractivity contribution in [2.45, 2.75) is 58.3 Å². The molecule has 0 aromatic heterocycles. The maximum absolute atomic E-state index is 13.2. The summed E-state index contributed by atoms with van der Waals surface area (Å²) in [7, 11) is 1.62. The summed E-state index contributed by atoms with van der Waals surface area (Å²) < 4.78 is 5.58. The number of alkyl halides is 1. The molecule has 0 saturated heterocycles. The van der Waals surface area contributed by atoms with Gasteiger partial charge in [-0.3, -0.25) is 4.79 Å². The van der Waals surface area contributed by atoms with Gasteiger partial charge in [0.05, 0.1) is 12.1 Å². The van der Waals surface area contributed by atoms with Gasteiger partial charge in [0.15, 0.2) is 0 Å². The van der Waals surface area contributed by atoms with Gasteiger partial charge in [0.1, 0.15) is 11.4 Å². The Labute approximate surface area is 158 Å². The molecule has 1 unspecified atom stereocenters. The number of amides is 1. The zero-order valence-corrected chi connectivity index (χ0v) is 17.5. The van der Waals surface area contributed by atoms with Gasteiger partial charge < -0.3 is 9.64 Å². The Morgan fingerprint density at radius 1 is 1.42 bits per heavy atom. The number of halogens is 2. The molecule has 0 bridgehead atoms. The Bertz CT molecular complexity index is 608. The highest BCUT2D eigenvalue weighted by Crippen LogP contribution is 2.43. The summed E-state index contributed by atoms with van der Waals surface area (Å²) in [6.07, 6.45) is 3.52. The molecule has 1 fully saturated rings. The van der Waals surface area contributed by atoms with Gasteiger partial charge in [0.25, 0.3) is 0 Å². The van der Waals surface area contributed by atoms with Gasteiger partial charge in [-0.15, -0.1) is 0 Å². The monoisotopic (exact) mass is 415 g/mol. The number of methoxy groups -OCH3 is 1. The lowest BCUT2D eigenvalue weighted by Crippen LogP contribution is -2.45. The number of rotatable bonds is 6. The van der Waals surface area contributed by atoms with Crippen LogP contribution in [0.5, 0.6) is 5.75 Å². The molecular formula is C19H27BrClNO2. The van der Waals surface area contributed by atoms with Gasteiger partial charge in [-0.1, -0.05) is 61.1 Å². The lowest BCUT2D eigenvalue weighted by Gasteiger charge is -2.36. The van der Waals surface area contributed by atoms with Crippen LogP contribution in [-0.2, 0) is 10.1 Å². The van der Waals surface area contributed by atoms with E-state index < -0.39 is 5.41 Å². The Balaban J connectivity index is 2.51. The fourth-order valence-corrected chi connectivity index (χ4v) is 3.57. The van der Waals surface area contributed by atoms with E-state index in [1.54, 1.807) is 7.11 Å². The molecule has 0 radical (unpaired) electrons. The van der Waals surface area contributed by atoms with E-state index in [1.807, 2.05) is 37.8 Å². The smallest absolute Gasteiger partial charge is 0.232 e. The van der Waals surface area contributed by atoms with E-state index in [9.17, 15) is 4.79 Å². The zero-order valence-electron chi connectivity index (χ0n) is 15.2. The van der Waals surface area contributed by atoms with Crippen molar-refractivity contribution in [3.05, 3.63) is 22.7 Å². The van der Waals surface area contributed by atoms with Crippen LogP contribution in [0.25, 0.3) is 0 Å². The van der Waals surface area contributed by atoms with Crippen molar-refractivity contribution in [2.75, 3.05) is 12.0 Å². The Kier molecular flexibility index (Phi) is 6.24. The second-order valence-corrected chi connectivity index (χ2v) is 8.68. The van der Waals surface area contributed by atoms with Crippen molar-refractivity contribution in [3.63, 3.8) is 0 Å². The third-order valence-electron chi connectivity index (χ3n) is 4.38. The van der Waals surface area contributed by atoms with Gasteiger partial charge in [-0.25, -0.2) is 0 Å². The molecule has 0 aliphatic heterocycles. The van der Waals surface area contributed by atoms with Gasteiger partial charge in [0, 0.05) is 16.8 Å². The van der Waals surface area contributed by atoms with Crippen LogP contribution < -0.4 is 9.64 Å². The maximum Gasteiger partial charge on any atom is 0.232 e. The van der Waals surface area contributed by atoms with Crippen molar-refractivity contribution in [1.82, 2.24) is 0 Å². The molecule has 1 aromatic rings. The molecular weight excluding hydrogens is 390 g/mol. The molecule has 0 N–H and O–H groups in total. The SMILES string of the molecule is COc1cc(CBr)cc(Cl)c1N(C(=O)C(C)(C)C)C(C)CC1CC1. The highest BCUT2D eigenvalue weighted by atomic mass is 79.9. The number of hydrogen-bond acceptors (Lipinski definition) is 2. The molecule has 0 heterocycles. The maximum atomic E-state index is 13.2. The van der Waals surface area contributed by atoms with Crippen LogP contribution in [0.15, 0.2) is 12.1 Å². The van der Waals surface area contributed by atoms with Crippen molar-refractivity contribution in [1.29, 1.82) is 0 Å². The van der Waals surface area contributed by atoms with Gasteiger partial charge in [0.2, 0.25) is 5.91 Å². The average Bonchev–Trinajstić information content (AvgIpc) is 3.31. The van der Waals surface area contributed by atoms with E-state index in [-0.39, 0.29) is 11.9 Å². The fourth-order valence-electron chi connectivity index (χ4n) is 2.92. The first-order chi connectivity index (χ1) is 11.2. The lowest BCUT2D eigenvalue weighted by atomic mass is 9.92. The first-order valence-electron chi connectivity index (χ1n) is 8.45. The van der Waals surface area contributed by atoms with E-state index in [0.29, 0.717) is 21.8 Å². The molecule has 2 rings (SSSR count). The normalized spacial score (nSPS) is 16.0. The summed E-state index contributed by atoms with van der Waals surface area (Å²) in [5.41, 5.74) is 1.23. The van der Waals surface area contributed by atoms with Crippen LogP contribution >= 0.6 is 27.5 Å². The van der Waals surface area contributed by atoms with Crippen LogP contribution in [-0.4, -0.2) is 19.1 Å². The first kappa shape index (κ1) is 19.6. The number of nitrogens with zero attached hydrogens (tertiary/aromatic N) is 1. The minimum absolute atomic E-state index is 0.0717. The van der Waals surface area contributed by atoms with E-state index in [4.69, 9.17) is 16.3 Å². The summed E-state index contributed by atoms with van der Waals surface area (Å²) in [4.78, 5) is 15.0. The molecule has 1 saturated carbocycles. The standard InChI is InChI=1S/C19H27BrClNO2/c1-12(8-13-6-7-13)22(18(23)19(2,3)4)17-15(21)9-14(11-20)10-16(17)24-5/h9-10,12-13H,6-8,11H2,1-5H3. The summed E-state index contributed by atoms with van der Waals surface area (Å²) in [5.74, 6) is 1.45. The highest BCUT2D eigenvalue weighted by molar-refractivity contribution is 9.08. The number of carbonyl (C=O) groups excluding carboxylic acids is 1. The van der Waals surface area contributed by atoms with Crippen molar-refractivity contribution in [2.24, 2.45) is 11.3 Å². The molecule has 1 aliphatic rings. The molecule has 1 aromatic carbocycles. The van der Waals surface area contributed by atoms with E-state index >= 15 is 0 Å². The first-order valence-corrected chi connectivity index (χ1v) is 9.95. The largest absolute Gasteiger partial charge is 0.495 e. The number of hydrogen-bond donors (Lipinski definition) is 0. The second-order valence-electron chi connectivity index (χ2n) is 7.72. The van der Waals surface area contributed by atoms with Crippen molar-refractivity contribution < 1.29 is 9.53 Å². The van der Waals surface area contributed by atoms with E-state index in [0.717, 1.165) is 17.9 Å².